The molecule has 0 aliphatic rings. The maximum absolute atomic E-state index is 10.2. The number of rotatable bonds is 4. The summed E-state index contributed by atoms with van der Waals surface area (Å²) in [7, 11) is 1.91. The number of aromatic nitrogens is 2. The zero-order chi connectivity index (χ0) is 13.1. The van der Waals surface area contributed by atoms with Crippen LogP contribution in [0.15, 0.2) is 35.2 Å². The molecule has 1 atom stereocenters. The second kappa shape index (κ2) is 5.59. The molecule has 96 valence electrons. The molecule has 1 N–H and O–H groups in total. The first-order valence-electron chi connectivity index (χ1n) is 5.91. The Balaban J connectivity index is 2.11. The molecule has 0 amide bonds. The second-order valence-electron chi connectivity index (χ2n) is 4.39. The van der Waals surface area contributed by atoms with Gasteiger partial charge in [-0.05, 0) is 36.9 Å². The molecule has 4 heteroatoms. The lowest BCUT2D eigenvalue weighted by Crippen LogP contribution is -2.06. The molecule has 0 saturated carbocycles. The maximum atomic E-state index is 10.2. The summed E-state index contributed by atoms with van der Waals surface area (Å²) in [4.78, 5) is 1.21. The monoisotopic (exact) mass is 262 g/mol. The van der Waals surface area contributed by atoms with Gasteiger partial charge < -0.3 is 5.11 Å². The van der Waals surface area contributed by atoms with Crippen molar-refractivity contribution in [3.8, 4) is 0 Å². The van der Waals surface area contributed by atoms with E-state index in [1.807, 2.05) is 55.2 Å². The van der Waals surface area contributed by atoms with Gasteiger partial charge in [0.25, 0.3) is 0 Å². The van der Waals surface area contributed by atoms with Crippen LogP contribution in [0.2, 0.25) is 0 Å². The Bertz CT molecular complexity index is 519. The van der Waals surface area contributed by atoms with Gasteiger partial charge in [0, 0.05) is 24.1 Å². The van der Waals surface area contributed by atoms with Crippen LogP contribution in [0.5, 0.6) is 0 Å². The van der Waals surface area contributed by atoms with Crippen molar-refractivity contribution in [2.75, 3.05) is 6.26 Å². The van der Waals surface area contributed by atoms with E-state index in [9.17, 15) is 5.11 Å². The number of hydrogen-bond donors (Lipinski definition) is 1. The van der Waals surface area contributed by atoms with Crippen LogP contribution >= 0.6 is 11.8 Å². The smallest absolute Gasteiger partial charge is 0.0845 e. The first kappa shape index (κ1) is 13.2. The molecule has 0 aliphatic heterocycles. The Morgan fingerprint density at radius 1 is 1.33 bits per heavy atom. The summed E-state index contributed by atoms with van der Waals surface area (Å²) >= 11 is 1.70. The van der Waals surface area contributed by atoms with Crippen LogP contribution in [0.25, 0.3) is 0 Å². The molecular weight excluding hydrogens is 244 g/mol. The molecule has 2 rings (SSSR count). The average Bonchev–Trinajstić information content (AvgIpc) is 2.68. The SMILES string of the molecule is CSc1ccc(C(O)Cc2cc(C)nn2C)cc1. The van der Waals surface area contributed by atoms with E-state index in [4.69, 9.17) is 0 Å². The van der Waals surface area contributed by atoms with Crippen LogP contribution in [-0.2, 0) is 13.5 Å². The molecule has 0 aliphatic carbocycles. The molecule has 3 nitrogen and oxygen atoms in total. The van der Waals surface area contributed by atoms with Crippen molar-refractivity contribution in [1.29, 1.82) is 0 Å². The fourth-order valence-corrected chi connectivity index (χ4v) is 2.41. The van der Waals surface area contributed by atoms with Crippen molar-refractivity contribution in [3.05, 3.63) is 47.3 Å². The van der Waals surface area contributed by atoms with Crippen LogP contribution in [0.1, 0.15) is 23.1 Å². The van der Waals surface area contributed by atoms with Gasteiger partial charge in [0.05, 0.1) is 11.8 Å². The number of aliphatic hydroxyl groups excluding tert-OH is 1. The maximum Gasteiger partial charge on any atom is 0.0845 e. The molecular formula is C14H18N2OS. The Morgan fingerprint density at radius 2 is 2.00 bits per heavy atom. The van der Waals surface area contributed by atoms with Crippen molar-refractivity contribution in [2.45, 2.75) is 24.3 Å². The van der Waals surface area contributed by atoms with Gasteiger partial charge in [-0.25, -0.2) is 0 Å². The van der Waals surface area contributed by atoms with Gasteiger partial charge in [-0.15, -0.1) is 11.8 Å². The van der Waals surface area contributed by atoms with Crippen molar-refractivity contribution < 1.29 is 5.11 Å². The summed E-state index contributed by atoms with van der Waals surface area (Å²) < 4.78 is 1.83. The van der Waals surface area contributed by atoms with E-state index in [0.717, 1.165) is 17.0 Å². The molecule has 18 heavy (non-hydrogen) atoms. The van der Waals surface area contributed by atoms with Gasteiger partial charge >= 0.3 is 0 Å². The van der Waals surface area contributed by atoms with Crippen LogP contribution in [0, 0.1) is 6.92 Å². The molecule has 1 aromatic carbocycles. The highest BCUT2D eigenvalue weighted by Crippen LogP contribution is 2.22. The predicted octanol–water partition coefficient (Wildman–Crippen LogP) is 2.73. The first-order chi connectivity index (χ1) is 8.60. The number of aliphatic hydroxyl groups is 1. The normalized spacial score (nSPS) is 12.7. The average molecular weight is 262 g/mol. The minimum absolute atomic E-state index is 0.476. The molecule has 0 saturated heterocycles. The van der Waals surface area contributed by atoms with Gasteiger partial charge in [0.2, 0.25) is 0 Å². The standard InChI is InChI=1S/C14H18N2OS/c1-10-8-12(16(2)15-10)9-14(17)11-4-6-13(18-3)7-5-11/h4-8,14,17H,9H2,1-3H3. The first-order valence-corrected chi connectivity index (χ1v) is 7.14. The summed E-state index contributed by atoms with van der Waals surface area (Å²) in [5.41, 5.74) is 2.98. The van der Waals surface area contributed by atoms with Gasteiger partial charge in [-0.2, -0.15) is 5.10 Å². The van der Waals surface area contributed by atoms with E-state index < -0.39 is 6.10 Å². The highest BCUT2D eigenvalue weighted by atomic mass is 32.2. The van der Waals surface area contributed by atoms with Gasteiger partial charge in [-0.3, -0.25) is 4.68 Å². The van der Waals surface area contributed by atoms with Crippen molar-refractivity contribution in [2.24, 2.45) is 7.05 Å². The van der Waals surface area contributed by atoms with Crippen LogP contribution in [-0.4, -0.2) is 21.1 Å². The molecule has 2 aromatic rings. The largest absolute Gasteiger partial charge is 0.388 e. The Morgan fingerprint density at radius 3 is 2.50 bits per heavy atom. The zero-order valence-electron chi connectivity index (χ0n) is 10.9. The van der Waals surface area contributed by atoms with Crippen molar-refractivity contribution in [1.82, 2.24) is 9.78 Å². The van der Waals surface area contributed by atoms with E-state index in [2.05, 4.69) is 5.10 Å². The van der Waals surface area contributed by atoms with Crippen molar-refractivity contribution in [3.63, 3.8) is 0 Å². The molecule has 1 heterocycles. The van der Waals surface area contributed by atoms with Gasteiger partial charge in [0.1, 0.15) is 0 Å². The minimum Gasteiger partial charge on any atom is -0.388 e. The summed E-state index contributed by atoms with van der Waals surface area (Å²) in [6.07, 6.45) is 2.16. The fourth-order valence-electron chi connectivity index (χ4n) is 2.00. The van der Waals surface area contributed by atoms with E-state index in [-0.39, 0.29) is 0 Å². The topological polar surface area (TPSA) is 38.1 Å². The molecule has 1 unspecified atom stereocenters. The van der Waals surface area contributed by atoms with Crippen LogP contribution in [0.4, 0.5) is 0 Å². The Kier molecular flexibility index (Phi) is 4.09. The number of nitrogens with zero attached hydrogens (tertiary/aromatic N) is 2. The van der Waals surface area contributed by atoms with E-state index in [0.29, 0.717) is 6.42 Å². The third kappa shape index (κ3) is 2.94. The van der Waals surface area contributed by atoms with Crippen molar-refractivity contribution >= 4 is 11.8 Å². The number of hydrogen-bond acceptors (Lipinski definition) is 3. The van der Waals surface area contributed by atoms with Gasteiger partial charge in [-0.1, -0.05) is 12.1 Å². The Hall–Kier alpha value is -1.26. The lowest BCUT2D eigenvalue weighted by Gasteiger charge is -2.11. The Labute approximate surface area is 112 Å². The summed E-state index contributed by atoms with van der Waals surface area (Å²) in [5.74, 6) is 0. The highest BCUT2D eigenvalue weighted by molar-refractivity contribution is 7.98. The van der Waals surface area contributed by atoms with Crippen LogP contribution in [0.3, 0.4) is 0 Å². The zero-order valence-corrected chi connectivity index (χ0v) is 11.7. The molecule has 0 spiro atoms. The summed E-state index contributed by atoms with van der Waals surface area (Å²) in [6, 6.07) is 10.1. The molecule has 0 bridgehead atoms. The molecule has 0 radical (unpaired) electrons. The number of thioether (sulfide) groups is 1. The van der Waals surface area contributed by atoms with E-state index in [1.54, 1.807) is 11.8 Å². The number of benzene rings is 1. The quantitative estimate of drug-likeness (QED) is 0.861. The lowest BCUT2D eigenvalue weighted by molar-refractivity contribution is 0.175. The highest BCUT2D eigenvalue weighted by Gasteiger charge is 2.11. The molecule has 1 aromatic heterocycles. The van der Waals surface area contributed by atoms with E-state index >= 15 is 0 Å². The van der Waals surface area contributed by atoms with Gasteiger partial charge in [0.15, 0.2) is 0 Å². The third-order valence-electron chi connectivity index (χ3n) is 3.00. The summed E-state index contributed by atoms with van der Waals surface area (Å²) in [5, 5.41) is 14.5. The third-order valence-corrected chi connectivity index (χ3v) is 3.75. The van der Waals surface area contributed by atoms with E-state index in [1.165, 1.54) is 4.90 Å². The minimum atomic E-state index is -0.476. The van der Waals surface area contributed by atoms with Crippen LogP contribution < -0.4 is 0 Å². The predicted molar refractivity (Wildman–Crippen MR) is 74.8 cm³/mol. The summed E-state index contributed by atoms with van der Waals surface area (Å²) in [6.45, 7) is 1.96. The second-order valence-corrected chi connectivity index (χ2v) is 5.27. The lowest BCUT2D eigenvalue weighted by atomic mass is 10.0. The number of aryl methyl sites for hydroxylation is 2. The molecule has 0 fully saturated rings. The fraction of sp³-hybridized carbons (Fsp3) is 0.357.